The Kier molecular flexibility index (Phi) is 3.69. The Labute approximate surface area is 106 Å². The summed E-state index contributed by atoms with van der Waals surface area (Å²) in [5.74, 6) is 0. The molecule has 1 aromatic rings. The lowest BCUT2D eigenvalue weighted by Gasteiger charge is -2.30. The van der Waals surface area contributed by atoms with Crippen LogP contribution in [0.15, 0.2) is 30.3 Å². The maximum Gasteiger partial charge on any atom is 0.179 e. The van der Waals surface area contributed by atoms with E-state index in [0.29, 0.717) is 10.2 Å². The van der Waals surface area contributed by atoms with Gasteiger partial charge in [-0.1, -0.05) is 18.2 Å². The van der Waals surface area contributed by atoms with E-state index in [1.807, 2.05) is 35.2 Å². The van der Waals surface area contributed by atoms with E-state index in [1.54, 1.807) is 0 Å². The van der Waals surface area contributed by atoms with Gasteiger partial charge in [0.1, 0.15) is 0 Å². The summed E-state index contributed by atoms with van der Waals surface area (Å²) in [5.41, 5.74) is 0.987. The highest BCUT2D eigenvalue weighted by Gasteiger charge is 2.17. The third-order valence-corrected chi connectivity index (χ3v) is 3.04. The molecule has 16 heavy (non-hydrogen) atoms. The number of hydrogen-bond donors (Lipinski definition) is 2. The van der Waals surface area contributed by atoms with E-state index >= 15 is 0 Å². The van der Waals surface area contributed by atoms with Gasteiger partial charge in [0.15, 0.2) is 10.2 Å². The smallest absolute Gasteiger partial charge is 0.179 e. The zero-order valence-corrected chi connectivity index (χ0v) is 10.4. The maximum absolute atomic E-state index is 5.32. The van der Waals surface area contributed by atoms with Crippen LogP contribution in [-0.2, 0) is 0 Å². The van der Waals surface area contributed by atoms with E-state index in [9.17, 15) is 0 Å². The summed E-state index contributed by atoms with van der Waals surface area (Å²) in [5, 5.41) is 7.66. The number of thiocarbonyl (C=S) groups is 2. The van der Waals surface area contributed by atoms with E-state index in [0.717, 1.165) is 25.2 Å². The van der Waals surface area contributed by atoms with Gasteiger partial charge in [-0.05, 0) is 43.0 Å². The Bertz CT molecular complexity index is 391. The second-order valence-corrected chi connectivity index (χ2v) is 4.31. The molecule has 5 heteroatoms. The largest absolute Gasteiger partial charge is 0.362 e. The molecule has 0 unspecified atom stereocenters. The maximum atomic E-state index is 5.32. The first-order chi connectivity index (χ1) is 7.77. The molecule has 1 saturated heterocycles. The van der Waals surface area contributed by atoms with Crippen LogP contribution in [0.5, 0.6) is 0 Å². The van der Waals surface area contributed by atoms with Crippen LogP contribution in [0.4, 0.5) is 5.69 Å². The molecule has 1 aromatic carbocycles. The average molecular weight is 251 g/mol. The summed E-state index contributed by atoms with van der Waals surface area (Å²) in [7, 11) is 0. The second kappa shape index (κ2) is 5.23. The molecule has 3 nitrogen and oxygen atoms in total. The summed E-state index contributed by atoms with van der Waals surface area (Å²) in [6.45, 7) is 1.81. The molecule has 0 aliphatic carbocycles. The van der Waals surface area contributed by atoms with Gasteiger partial charge in [-0.15, -0.1) is 0 Å². The third-order valence-electron chi connectivity index (χ3n) is 2.35. The highest BCUT2D eigenvalue weighted by molar-refractivity contribution is 7.81. The molecule has 0 atom stereocenters. The molecule has 0 aromatic heterocycles. The van der Waals surface area contributed by atoms with Crippen molar-refractivity contribution in [2.45, 2.75) is 6.42 Å². The van der Waals surface area contributed by atoms with Gasteiger partial charge in [0.05, 0.1) is 0 Å². The first kappa shape index (κ1) is 11.3. The topological polar surface area (TPSA) is 27.3 Å². The number of para-hydroxylation sites is 1. The lowest BCUT2D eigenvalue weighted by Crippen LogP contribution is -2.50. The fraction of sp³-hybridized carbons (Fsp3) is 0.273. The molecule has 1 aliphatic rings. The van der Waals surface area contributed by atoms with Gasteiger partial charge in [0, 0.05) is 18.8 Å². The average Bonchev–Trinajstić information content (AvgIpc) is 2.31. The van der Waals surface area contributed by atoms with E-state index in [4.69, 9.17) is 24.4 Å². The number of benzene rings is 1. The van der Waals surface area contributed by atoms with Gasteiger partial charge in [-0.25, -0.2) is 0 Å². The molecule has 0 bridgehead atoms. The van der Waals surface area contributed by atoms with Crippen molar-refractivity contribution in [1.29, 1.82) is 0 Å². The number of anilines is 1. The molecule has 1 fully saturated rings. The molecule has 84 valence electrons. The fourth-order valence-electron chi connectivity index (χ4n) is 1.54. The highest BCUT2D eigenvalue weighted by Crippen LogP contribution is 2.08. The van der Waals surface area contributed by atoms with E-state index in [2.05, 4.69) is 10.6 Å². The van der Waals surface area contributed by atoms with Crippen molar-refractivity contribution in [1.82, 2.24) is 10.2 Å². The molecular weight excluding hydrogens is 238 g/mol. The molecule has 0 amide bonds. The van der Waals surface area contributed by atoms with Gasteiger partial charge < -0.3 is 10.6 Å². The van der Waals surface area contributed by atoms with Crippen LogP contribution in [0.2, 0.25) is 0 Å². The van der Waals surface area contributed by atoms with Crippen LogP contribution in [0.25, 0.3) is 0 Å². The number of rotatable bonds is 1. The molecule has 0 saturated carbocycles. The van der Waals surface area contributed by atoms with Crippen LogP contribution < -0.4 is 10.6 Å². The summed E-state index contributed by atoms with van der Waals surface area (Å²) in [4.78, 5) is 1.92. The van der Waals surface area contributed by atoms with Crippen molar-refractivity contribution in [2.24, 2.45) is 0 Å². The van der Waals surface area contributed by atoms with Crippen molar-refractivity contribution in [3.8, 4) is 0 Å². The summed E-state index contributed by atoms with van der Waals surface area (Å²) in [6.07, 6.45) is 1.05. The fourth-order valence-corrected chi connectivity index (χ4v) is 2.18. The van der Waals surface area contributed by atoms with E-state index in [-0.39, 0.29) is 0 Å². The normalized spacial score (nSPS) is 15.5. The number of nitrogens with one attached hydrogen (secondary N) is 2. The van der Waals surface area contributed by atoms with Crippen LogP contribution in [-0.4, -0.2) is 28.2 Å². The van der Waals surface area contributed by atoms with Crippen molar-refractivity contribution in [3.63, 3.8) is 0 Å². The van der Waals surface area contributed by atoms with Gasteiger partial charge in [0.25, 0.3) is 0 Å². The Hall–Kier alpha value is -1.20. The van der Waals surface area contributed by atoms with E-state index in [1.165, 1.54) is 0 Å². The minimum Gasteiger partial charge on any atom is -0.362 e. The minimum atomic E-state index is 0.656. The van der Waals surface area contributed by atoms with Crippen LogP contribution >= 0.6 is 24.4 Å². The second-order valence-electron chi connectivity index (χ2n) is 3.53. The molecule has 0 radical (unpaired) electrons. The van der Waals surface area contributed by atoms with Gasteiger partial charge in [-0.2, -0.15) is 0 Å². The SMILES string of the molecule is S=C1NCCCN1C(=S)Nc1ccccc1. The van der Waals surface area contributed by atoms with E-state index < -0.39 is 0 Å². The van der Waals surface area contributed by atoms with Crippen LogP contribution in [0.3, 0.4) is 0 Å². The lowest BCUT2D eigenvalue weighted by molar-refractivity contribution is 0.519. The zero-order valence-electron chi connectivity index (χ0n) is 8.77. The Morgan fingerprint density at radius 3 is 2.75 bits per heavy atom. The van der Waals surface area contributed by atoms with Crippen molar-refractivity contribution >= 4 is 40.3 Å². The van der Waals surface area contributed by atoms with Crippen molar-refractivity contribution < 1.29 is 0 Å². The summed E-state index contributed by atoms with van der Waals surface area (Å²) < 4.78 is 0. The summed E-state index contributed by atoms with van der Waals surface area (Å²) >= 11 is 10.5. The number of hydrogen-bond acceptors (Lipinski definition) is 2. The first-order valence-corrected chi connectivity index (χ1v) is 6.00. The monoisotopic (exact) mass is 251 g/mol. The predicted molar refractivity (Wildman–Crippen MR) is 74.6 cm³/mol. The van der Waals surface area contributed by atoms with Crippen LogP contribution in [0, 0.1) is 0 Å². The quantitative estimate of drug-likeness (QED) is 0.744. The Balaban J connectivity index is 2.00. The third kappa shape index (κ3) is 2.68. The molecule has 1 aliphatic heterocycles. The molecule has 2 rings (SSSR count). The molecule has 1 heterocycles. The molecule has 2 N–H and O–H groups in total. The highest BCUT2D eigenvalue weighted by atomic mass is 32.1. The van der Waals surface area contributed by atoms with Crippen molar-refractivity contribution in [2.75, 3.05) is 18.4 Å². The lowest BCUT2D eigenvalue weighted by atomic mass is 10.3. The minimum absolute atomic E-state index is 0.656. The van der Waals surface area contributed by atoms with Crippen LogP contribution in [0.1, 0.15) is 6.42 Å². The molecule has 0 spiro atoms. The van der Waals surface area contributed by atoms with Gasteiger partial charge in [-0.3, -0.25) is 4.90 Å². The van der Waals surface area contributed by atoms with Gasteiger partial charge in [0.2, 0.25) is 0 Å². The Morgan fingerprint density at radius 1 is 1.31 bits per heavy atom. The first-order valence-electron chi connectivity index (χ1n) is 5.19. The Morgan fingerprint density at radius 2 is 2.06 bits per heavy atom. The van der Waals surface area contributed by atoms with Gasteiger partial charge >= 0.3 is 0 Å². The number of nitrogens with zero attached hydrogens (tertiary/aromatic N) is 1. The molecular formula is C11H13N3S2. The zero-order chi connectivity index (χ0) is 11.4. The standard InChI is InChI=1S/C11H13N3S2/c15-10-12-7-4-8-14(10)11(16)13-9-5-2-1-3-6-9/h1-3,5-6H,4,7-8H2,(H,12,15)(H,13,16). The summed E-state index contributed by atoms with van der Waals surface area (Å²) in [6, 6.07) is 9.87. The van der Waals surface area contributed by atoms with Crippen molar-refractivity contribution in [3.05, 3.63) is 30.3 Å². The predicted octanol–water partition coefficient (Wildman–Crippen LogP) is 1.96.